The van der Waals surface area contributed by atoms with Gasteiger partial charge in [0.25, 0.3) is 0 Å². The fourth-order valence-corrected chi connectivity index (χ4v) is 3.19. The van der Waals surface area contributed by atoms with Crippen LogP contribution in [0, 0.1) is 0 Å². The lowest BCUT2D eigenvalue weighted by molar-refractivity contribution is -0.137. The van der Waals surface area contributed by atoms with Crippen LogP contribution in [0.4, 0.5) is 0 Å². The highest BCUT2D eigenvalue weighted by Crippen LogP contribution is 2.29. The third kappa shape index (κ3) is 3.23. The Morgan fingerprint density at radius 1 is 1.45 bits per heavy atom. The van der Waals surface area contributed by atoms with Gasteiger partial charge in [0.1, 0.15) is 0 Å². The lowest BCUT2D eigenvalue weighted by Gasteiger charge is -2.37. The maximum absolute atomic E-state index is 12.9. The van der Waals surface area contributed by atoms with Gasteiger partial charge in [-0.3, -0.25) is 4.79 Å². The minimum absolute atomic E-state index is 0.218. The summed E-state index contributed by atoms with van der Waals surface area (Å²) in [4.78, 5) is 14.9. The number of hydrogen-bond donors (Lipinski definition) is 1. The van der Waals surface area contributed by atoms with Crippen molar-refractivity contribution in [1.82, 2.24) is 10.2 Å². The number of hydrogen-bond acceptors (Lipinski definition) is 2. The van der Waals surface area contributed by atoms with Crippen LogP contribution in [0.2, 0.25) is 0 Å². The SMILES string of the molecule is CNC1CCCN(C(=O)C(C)(C)c2cccc(Br)c2)C1. The van der Waals surface area contributed by atoms with Gasteiger partial charge in [-0.1, -0.05) is 28.1 Å². The highest BCUT2D eigenvalue weighted by molar-refractivity contribution is 9.10. The summed E-state index contributed by atoms with van der Waals surface area (Å²) in [6, 6.07) is 8.47. The van der Waals surface area contributed by atoms with Gasteiger partial charge in [-0.15, -0.1) is 0 Å². The second-order valence-electron chi connectivity index (χ2n) is 6.01. The van der Waals surface area contributed by atoms with E-state index in [1.165, 1.54) is 0 Å². The minimum atomic E-state index is -0.487. The second-order valence-corrected chi connectivity index (χ2v) is 6.93. The lowest BCUT2D eigenvalue weighted by atomic mass is 9.82. The average Bonchev–Trinajstić information content (AvgIpc) is 2.46. The molecule has 1 amide bonds. The van der Waals surface area contributed by atoms with Crippen molar-refractivity contribution in [3.8, 4) is 0 Å². The Kier molecular flexibility index (Phi) is 4.86. The van der Waals surface area contributed by atoms with E-state index >= 15 is 0 Å². The van der Waals surface area contributed by atoms with Crippen molar-refractivity contribution in [2.75, 3.05) is 20.1 Å². The molecule has 110 valence electrons. The molecule has 1 heterocycles. The molecule has 0 aromatic heterocycles. The van der Waals surface area contributed by atoms with Gasteiger partial charge in [0, 0.05) is 23.6 Å². The molecule has 0 radical (unpaired) electrons. The Labute approximate surface area is 129 Å². The first-order chi connectivity index (χ1) is 9.45. The van der Waals surface area contributed by atoms with Crippen LogP contribution in [0.25, 0.3) is 0 Å². The van der Waals surface area contributed by atoms with Gasteiger partial charge in [-0.25, -0.2) is 0 Å². The Balaban J connectivity index is 2.18. The molecule has 0 aliphatic carbocycles. The molecule has 0 bridgehead atoms. The number of nitrogens with one attached hydrogen (secondary N) is 1. The normalized spacial score (nSPS) is 20.0. The summed E-state index contributed by atoms with van der Waals surface area (Å²) in [6.07, 6.45) is 2.23. The van der Waals surface area contributed by atoms with E-state index < -0.39 is 5.41 Å². The van der Waals surface area contributed by atoms with Crippen LogP contribution in [-0.4, -0.2) is 37.0 Å². The summed E-state index contributed by atoms with van der Waals surface area (Å²) in [6.45, 7) is 5.71. The second kappa shape index (κ2) is 6.27. The molecule has 1 aliphatic rings. The molecule has 4 heteroatoms. The first kappa shape index (κ1) is 15.5. The largest absolute Gasteiger partial charge is 0.340 e. The number of likely N-dealkylation sites (tertiary alicyclic amines) is 1. The maximum atomic E-state index is 12.9. The van der Waals surface area contributed by atoms with Crippen LogP contribution in [0.5, 0.6) is 0 Å². The summed E-state index contributed by atoms with van der Waals surface area (Å²) in [5.74, 6) is 0.218. The molecule has 1 aromatic rings. The van der Waals surface area contributed by atoms with Crippen LogP contribution < -0.4 is 5.32 Å². The van der Waals surface area contributed by atoms with Crippen LogP contribution in [0.3, 0.4) is 0 Å². The molecule has 1 aliphatic heterocycles. The van der Waals surface area contributed by atoms with Crippen LogP contribution in [-0.2, 0) is 10.2 Å². The molecular formula is C16H23BrN2O. The molecule has 1 aromatic carbocycles. The molecule has 0 spiro atoms. The number of likely N-dealkylation sites (N-methyl/N-ethyl adjacent to an activating group) is 1. The zero-order chi connectivity index (χ0) is 14.8. The van der Waals surface area contributed by atoms with Crippen molar-refractivity contribution in [2.24, 2.45) is 0 Å². The molecule has 1 fully saturated rings. The predicted molar refractivity (Wildman–Crippen MR) is 85.8 cm³/mol. The Bertz CT molecular complexity index is 487. The fourth-order valence-electron chi connectivity index (χ4n) is 2.79. The monoisotopic (exact) mass is 338 g/mol. The molecule has 20 heavy (non-hydrogen) atoms. The third-order valence-corrected chi connectivity index (χ3v) is 4.69. The van der Waals surface area contributed by atoms with E-state index in [1.807, 2.05) is 50.1 Å². The first-order valence-electron chi connectivity index (χ1n) is 7.18. The third-order valence-electron chi connectivity index (χ3n) is 4.20. The molecule has 2 rings (SSSR count). The summed E-state index contributed by atoms with van der Waals surface area (Å²) < 4.78 is 1.02. The number of nitrogens with zero attached hydrogens (tertiary/aromatic N) is 1. The fraction of sp³-hybridized carbons (Fsp3) is 0.562. The van der Waals surface area contributed by atoms with Gasteiger partial charge in [-0.05, 0) is 51.4 Å². The number of benzene rings is 1. The Morgan fingerprint density at radius 2 is 2.20 bits per heavy atom. The van der Waals surface area contributed by atoms with Gasteiger partial charge in [0.15, 0.2) is 0 Å². The van der Waals surface area contributed by atoms with E-state index in [4.69, 9.17) is 0 Å². The van der Waals surface area contributed by atoms with Crippen LogP contribution in [0.1, 0.15) is 32.3 Å². The van der Waals surface area contributed by atoms with Gasteiger partial charge >= 0.3 is 0 Å². The van der Waals surface area contributed by atoms with Crippen molar-refractivity contribution in [3.05, 3.63) is 34.3 Å². The number of rotatable bonds is 3. The van der Waals surface area contributed by atoms with Gasteiger partial charge < -0.3 is 10.2 Å². The molecule has 3 nitrogen and oxygen atoms in total. The molecule has 1 unspecified atom stereocenters. The summed E-state index contributed by atoms with van der Waals surface area (Å²) in [7, 11) is 1.97. The van der Waals surface area contributed by atoms with Gasteiger partial charge in [0.05, 0.1) is 5.41 Å². The van der Waals surface area contributed by atoms with E-state index in [2.05, 4.69) is 21.2 Å². The van der Waals surface area contributed by atoms with Crippen molar-refractivity contribution < 1.29 is 4.79 Å². The zero-order valence-electron chi connectivity index (χ0n) is 12.4. The van der Waals surface area contributed by atoms with E-state index in [0.29, 0.717) is 6.04 Å². The average molecular weight is 339 g/mol. The first-order valence-corrected chi connectivity index (χ1v) is 7.97. The molecule has 1 saturated heterocycles. The summed E-state index contributed by atoms with van der Waals surface area (Å²) >= 11 is 3.49. The van der Waals surface area contributed by atoms with Gasteiger partial charge in [-0.2, -0.15) is 0 Å². The molecule has 1 atom stereocenters. The topological polar surface area (TPSA) is 32.3 Å². The quantitative estimate of drug-likeness (QED) is 0.918. The van der Waals surface area contributed by atoms with Crippen molar-refractivity contribution in [3.63, 3.8) is 0 Å². The lowest BCUT2D eigenvalue weighted by Crippen LogP contribution is -2.51. The van der Waals surface area contributed by atoms with E-state index in [9.17, 15) is 4.79 Å². The minimum Gasteiger partial charge on any atom is -0.340 e. The summed E-state index contributed by atoms with van der Waals surface area (Å²) in [5, 5.41) is 3.29. The van der Waals surface area contributed by atoms with Crippen LogP contribution in [0.15, 0.2) is 28.7 Å². The molecule has 0 saturated carbocycles. The number of carbonyl (C=O) groups is 1. The predicted octanol–water partition coefficient (Wildman–Crippen LogP) is 2.94. The Morgan fingerprint density at radius 3 is 2.85 bits per heavy atom. The summed E-state index contributed by atoms with van der Waals surface area (Å²) in [5.41, 5.74) is 0.572. The van der Waals surface area contributed by atoms with Crippen molar-refractivity contribution in [2.45, 2.75) is 38.1 Å². The number of amides is 1. The number of halogens is 1. The van der Waals surface area contributed by atoms with Crippen molar-refractivity contribution >= 4 is 21.8 Å². The van der Waals surface area contributed by atoms with Crippen LogP contribution >= 0.6 is 15.9 Å². The van der Waals surface area contributed by atoms with E-state index in [0.717, 1.165) is 36.0 Å². The molecular weight excluding hydrogens is 316 g/mol. The van der Waals surface area contributed by atoms with E-state index in [1.54, 1.807) is 0 Å². The number of carbonyl (C=O) groups excluding carboxylic acids is 1. The molecule has 1 N–H and O–H groups in total. The van der Waals surface area contributed by atoms with Gasteiger partial charge in [0.2, 0.25) is 5.91 Å². The standard InChI is InChI=1S/C16H23BrN2O/c1-16(2,12-6-4-7-13(17)10-12)15(20)19-9-5-8-14(11-19)18-3/h4,6-7,10,14,18H,5,8-9,11H2,1-3H3. The van der Waals surface area contributed by atoms with E-state index in [-0.39, 0.29) is 5.91 Å². The maximum Gasteiger partial charge on any atom is 0.232 e. The highest BCUT2D eigenvalue weighted by atomic mass is 79.9. The highest BCUT2D eigenvalue weighted by Gasteiger charge is 2.35. The Hall–Kier alpha value is -0.870. The smallest absolute Gasteiger partial charge is 0.232 e. The number of piperidine rings is 1. The zero-order valence-corrected chi connectivity index (χ0v) is 14.0. The van der Waals surface area contributed by atoms with Crippen molar-refractivity contribution in [1.29, 1.82) is 0 Å².